The van der Waals surface area contributed by atoms with Gasteiger partial charge in [0.15, 0.2) is 0 Å². The fraction of sp³-hybridized carbons (Fsp3) is 0.286. The van der Waals surface area contributed by atoms with Gasteiger partial charge in [-0.25, -0.2) is 9.97 Å². The standard InChI is InChI=1S/C21H23N5/c1-26-14-6-5-9-19(26)21-24-18(16-10-12-22-13-11-16)15-20(25-21)23-17-7-3-2-4-8-17/h2-4,7-8,10-13,15,19H,5-6,9,14H2,1H3,(H,23,24,25). The van der Waals surface area contributed by atoms with E-state index in [-0.39, 0.29) is 6.04 Å². The zero-order valence-electron chi connectivity index (χ0n) is 15.0. The van der Waals surface area contributed by atoms with Crippen LogP contribution in [0.5, 0.6) is 0 Å². The predicted molar refractivity (Wildman–Crippen MR) is 104 cm³/mol. The number of pyridine rings is 1. The summed E-state index contributed by atoms with van der Waals surface area (Å²) in [6.45, 7) is 1.09. The van der Waals surface area contributed by atoms with Crippen molar-refractivity contribution in [2.75, 3.05) is 18.9 Å². The first kappa shape index (κ1) is 16.7. The third kappa shape index (κ3) is 3.73. The summed E-state index contributed by atoms with van der Waals surface area (Å²) in [5, 5.41) is 3.42. The summed E-state index contributed by atoms with van der Waals surface area (Å²) < 4.78 is 0. The van der Waals surface area contributed by atoms with E-state index in [1.54, 1.807) is 12.4 Å². The maximum atomic E-state index is 4.90. The lowest BCUT2D eigenvalue weighted by Crippen LogP contribution is -2.31. The molecule has 0 radical (unpaired) electrons. The van der Waals surface area contributed by atoms with Gasteiger partial charge < -0.3 is 5.32 Å². The van der Waals surface area contributed by atoms with Crippen molar-refractivity contribution in [2.45, 2.75) is 25.3 Å². The first-order valence-corrected chi connectivity index (χ1v) is 9.11. The number of benzene rings is 1. The number of aromatic nitrogens is 3. The van der Waals surface area contributed by atoms with Gasteiger partial charge in [0.1, 0.15) is 11.6 Å². The van der Waals surface area contributed by atoms with Crippen LogP contribution in [0.3, 0.4) is 0 Å². The average molecular weight is 345 g/mol. The Morgan fingerprint density at radius 3 is 2.58 bits per heavy atom. The second-order valence-electron chi connectivity index (χ2n) is 6.72. The summed E-state index contributed by atoms with van der Waals surface area (Å²) in [6, 6.07) is 16.4. The second kappa shape index (κ2) is 7.62. The summed E-state index contributed by atoms with van der Waals surface area (Å²) in [6.07, 6.45) is 7.16. The van der Waals surface area contributed by atoms with Gasteiger partial charge in [-0.1, -0.05) is 24.6 Å². The maximum absolute atomic E-state index is 4.90. The highest BCUT2D eigenvalue weighted by molar-refractivity contribution is 5.65. The lowest BCUT2D eigenvalue weighted by Gasteiger charge is -2.31. The number of nitrogens with one attached hydrogen (secondary N) is 1. The van der Waals surface area contributed by atoms with Gasteiger partial charge in [0, 0.05) is 29.7 Å². The molecule has 0 saturated carbocycles. The van der Waals surface area contributed by atoms with Gasteiger partial charge in [0.05, 0.1) is 11.7 Å². The van der Waals surface area contributed by atoms with Crippen LogP contribution in [0.4, 0.5) is 11.5 Å². The molecule has 2 aromatic heterocycles. The molecule has 3 heterocycles. The van der Waals surface area contributed by atoms with Crippen molar-refractivity contribution >= 4 is 11.5 Å². The minimum atomic E-state index is 0.266. The molecule has 0 amide bonds. The highest BCUT2D eigenvalue weighted by Gasteiger charge is 2.24. The van der Waals surface area contributed by atoms with Crippen LogP contribution in [0.25, 0.3) is 11.3 Å². The third-order valence-electron chi connectivity index (χ3n) is 4.83. The first-order valence-electron chi connectivity index (χ1n) is 9.11. The van der Waals surface area contributed by atoms with E-state index in [9.17, 15) is 0 Å². The number of likely N-dealkylation sites (tertiary alicyclic amines) is 1. The van der Waals surface area contributed by atoms with Crippen molar-refractivity contribution in [3.8, 4) is 11.3 Å². The van der Waals surface area contributed by atoms with Gasteiger partial charge in [0.25, 0.3) is 0 Å². The molecule has 1 fully saturated rings. The molecule has 0 bridgehead atoms. The van der Waals surface area contributed by atoms with Gasteiger partial charge in [-0.05, 0) is 50.7 Å². The Morgan fingerprint density at radius 2 is 1.81 bits per heavy atom. The molecule has 26 heavy (non-hydrogen) atoms. The van der Waals surface area contributed by atoms with Crippen molar-refractivity contribution in [1.82, 2.24) is 19.9 Å². The van der Waals surface area contributed by atoms with E-state index < -0.39 is 0 Å². The SMILES string of the molecule is CN1CCCCC1c1nc(Nc2ccccc2)cc(-c2ccncc2)n1. The summed E-state index contributed by atoms with van der Waals surface area (Å²) in [5.41, 5.74) is 3.00. The fourth-order valence-electron chi connectivity index (χ4n) is 3.42. The molecule has 1 saturated heterocycles. The Labute approximate surface area is 154 Å². The van der Waals surface area contributed by atoms with Crippen LogP contribution in [0, 0.1) is 0 Å². The van der Waals surface area contributed by atoms with E-state index in [0.29, 0.717) is 0 Å². The molecule has 1 aliphatic heterocycles. The Hall–Kier alpha value is -2.79. The molecule has 4 rings (SSSR count). The summed E-state index contributed by atoms with van der Waals surface area (Å²) in [4.78, 5) is 16.2. The van der Waals surface area contributed by atoms with Crippen LogP contribution in [0.2, 0.25) is 0 Å². The maximum Gasteiger partial charge on any atom is 0.148 e. The van der Waals surface area contributed by atoms with Crippen molar-refractivity contribution in [1.29, 1.82) is 0 Å². The van der Waals surface area contributed by atoms with Crippen molar-refractivity contribution in [3.05, 3.63) is 66.7 Å². The summed E-state index contributed by atoms with van der Waals surface area (Å²) in [7, 11) is 2.16. The van der Waals surface area contributed by atoms with Gasteiger partial charge in [-0.15, -0.1) is 0 Å². The summed E-state index contributed by atoms with van der Waals surface area (Å²) >= 11 is 0. The van der Waals surface area contributed by atoms with Crippen LogP contribution in [-0.4, -0.2) is 33.4 Å². The number of hydrogen-bond donors (Lipinski definition) is 1. The van der Waals surface area contributed by atoms with E-state index in [1.807, 2.05) is 48.5 Å². The first-order chi connectivity index (χ1) is 12.8. The highest BCUT2D eigenvalue weighted by atomic mass is 15.2. The number of anilines is 2. The van der Waals surface area contributed by atoms with E-state index in [1.165, 1.54) is 12.8 Å². The molecule has 1 N–H and O–H groups in total. The van der Waals surface area contributed by atoms with Gasteiger partial charge in [-0.2, -0.15) is 0 Å². The average Bonchev–Trinajstić information content (AvgIpc) is 2.69. The van der Waals surface area contributed by atoms with Gasteiger partial charge in [-0.3, -0.25) is 9.88 Å². The number of piperidine rings is 1. The topological polar surface area (TPSA) is 53.9 Å². The Morgan fingerprint density at radius 1 is 1.00 bits per heavy atom. The normalized spacial score (nSPS) is 17.8. The van der Waals surface area contributed by atoms with Crippen molar-refractivity contribution in [2.24, 2.45) is 0 Å². The molecule has 1 aromatic carbocycles. The molecule has 5 nitrogen and oxygen atoms in total. The molecule has 1 aliphatic rings. The predicted octanol–water partition coefficient (Wildman–Crippen LogP) is 4.44. The van der Waals surface area contributed by atoms with Crippen LogP contribution in [-0.2, 0) is 0 Å². The molecule has 0 aliphatic carbocycles. The fourth-order valence-corrected chi connectivity index (χ4v) is 3.42. The minimum Gasteiger partial charge on any atom is -0.340 e. The van der Waals surface area contributed by atoms with E-state index in [2.05, 4.69) is 22.2 Å². The van der Waals surface area contributed by atoms with Crippen molar-refractivity contribution in [3.63, 3.8) is 0 Å². The molecule has 0 spiro atoms. The molecule has 132 valence electrons. The molecule has 3 aromatic rings. The molecular formula is C21H23N5. The Balaban J connectivity index is 1.74. The van der Waals surface area contributed by atoms with E-state index in [0.717, 1.165) is 41.6 Å². The Bertz CT molecular complexity index is 851. The largest absolute Gasteiger partial charge is 0.340 e. The highest BCUT2D eigenvalue weighted by Crippen LogP contribution is 2.30. The number of para-hydroxylation sites is 1. The van der Waals surface area contributed by atoms with Crippen LogP contribution < -0.4 is 5.32 Å². The number of hydrogen-bond acceptors (Lipinski definition) is 5. The zero-order valence-corrected chi connectivity index (χ0v) is 15.0. The molecule has 1 unspecified atom stereocenters. The number of nitrogens with zero attached hydrogens (tertiary/aromatic N) is 4. The Kier molecular flexibility index (Phi) is 4.88. The minimum absolute atomic E-state index is 0.266. The van der Waals surface area contributed by atoms with Crippen LogP contribution >= 0.6 is 0 Å². The van der Waals surface area contributed by atoms with Gasteiger partial charge >= 0.3 is 0 Å². The van der Waals surface area contributed by atoms with E-state index >= 15 is 0 Å². The molecule has 1 atom stereocenters. The number of rotatable bonds is 4. The third-order valence-corrected chi connectivity index (χ3v) is 4.83. The molecular weight excluding hydrogens is 322 g/mol. The van der Waals surface area contributed by atoms with Crippen molar-refractivity contribution < 1.29 is 0 Å². The second-order valence-corrected chi connectivity index (χ2v) is 6.72. The van der Waals surface area contributed by atoms with Crippen LogP contribution in [0.15, 0.2) is 60.9 Å². The molecule has 5 heteroatoms. The lowest BCUT2D eigenvalue weighted by molar-refractivity contribution is 0.179. The lowest BCUT2D eigenvalue weighted by atomic mass is 10.0. The van der Waals surface area contributed by atoms with Crippen LogP contribution in [0.1, 0.15) is 31.1 Å². The summed E-state index contributed by atoms with van der Waals surface area (Å²) in [5.74, 6) is 1.71. The zero-order chi connectivity index (χ0) is 17.8. The van der Waals surface area contributed by atoms with Gasteiger partial charge in [0.2, 0.25) is 0 Å². The quantitative estimate of drug-likeness (QED) is 0.757. The smallest absolute Gasteiger partial charge is 0.148 e. The monoisotopic (exact) mass is 345 g/mol. The van der Waals surface area contributed by atoms with E-state index in [4.69, 9.17) is 9.97 Å².